The molecule has 118 valence electrons. The number of aryl methyl sites for hydroxylation is 1. The maximum Gasteiger partial charge on any atom is 0.432 e. The number of hydrogen-bond donors (Lipinski definition) is 0. The molecule has 0 amide bonds. The zero-order valence-electron chi connectivity index (χ0n) is 12.3. The molecule has 0 unspecified atom stereocenters. The topological polar surface area (TPSA) is 34.9 Å². The molecule has 0 N–H and O–H groups in total. The molecule has 0 bridgehead atoms. The molecule has 23 heavy (non-hydrogen) atoms. The monoisotopic (exact) mass is 318 g/mol. The van der Waals surface area contributed by atoms with E-state index in [1.54, 1.807) is 43.3 Å². The first-order chi connectivity index (χ1) is 10.9. The van der Waals surface area contributed by atoms with Gasteiger partial charge in [0.1, 0.15) is 5.69 Å². The van der Waals surface area contributed by atoms with Crippen molar-refractivity contribution in [3.63, 3.8) is 0 Å². The van der Waals surface area contributed by atoms with Gasteiger partial charge in [-0.3, -0.25) is 4.57 Å². The molecule has 2 aromatic carbocycles. The van der Waals surface area contributed by atoms with Crippen LogP contribution in [0.3, 0.4) is 0 Å². The minimum absolute atomic E-state index is 0.0530. The summed E-state index contributed by atoms with van der Waals surface area (Å²) in [6, 6.07) is 13.0. The predicted molar refractivity (Wildman–Crippen MR) is 81.3 cm³/mol. The van der Waals surface area contributed by atoms with Gasteiger partial charge in [0.05, 0.1) is 12.1 Å². The van der Waals surface area contributed by atoms with E-state index in [-0.39, 0.29) is 17.4 Å². The molecule has 6 heteroatoms. The Bertz CT molecular complexity index is 915. The van der Waals surface area contributed by atoms with Crippen molar-refractivity contribution in [2.75, 3.05) is 0 Å². The highest BCUT2D eigenvalue weighted by Crippen LogP contribution is 2.34. The van der Waals surface area contributed by atoms with E-state index in [0.29, 0.717) is 15.7 Å². The van der Waals surface area contributed by atoms with Crippen LogP contribution in [0.1, 0.15) is 16.8 Å². The highest BCUT2D eigenvalue weighted by molar-refractivity contribution is 5.82. The van der Waals surface area contributed by atoms with Crippen LogP contribution in [-0.2, 0) is 12.7 Å². The summed E-state index contributed by atoms with van der Waals surface area (Å²) in [5, 5.41) is -0.0620. The third kappa shape index (κ3) is 2.97. The van der Waals surface area contributed by atoms with Crippen LogP contribution < -0.4 is 5.69 Å². The van der Waals surface area contributed by atoms with Gasteiger partial charge in [-0.05, 0) is 24.6 Å². The molecule has 0 saturated heterocycles. The second-order valence-electron chi connectivity index (χ2n) is 5.33. The van der Waals surface area contributed by atoms with Gasteiger partial charge in [0, 0.05) is 5.39 Å². The van der Waals surface area contributed by atoms with E-state index in [2.05, 4.69) is 4.98 Å². The maximum atomic E-state index is 13.6. The molecule has 0 radical (unpaired) electrons. The molecule has 3 rings (SSSR count). The molecule has 0 saturated carbocycles. The van der Waals surface area contributed by atoms with Gasteiger partial charge < -0.3 is 0 Å². The first-order valence-electron chi connectivity index (χ1n) is 6.98. The number of fused-ring (bicyclic) bond motifs is 1. The highest BCUT2D eigenvalue weighted by atomic mass is 19.4. The Balaban J connectivity index is 2.31. The first kappa shape index (κ1) is 15.3. The fourth-order valence-electron chi connectivity index (χ4n) is 2.56. The van der Waals surface area contributed by atoms with Crippen molar-refractivity contribution in [2.24, 2.45) is 0 Å². The maximum absolute atomic E-state index is 13.6. The van der Waals surface area contributed by atoms with Crippen molar-refractivity contribution in [3.8, 4) is 0 Å². The van der Waals surface area contributed by atoms with E-state index in [0.717, 1.165) is 0 Å². The molecule has 0 spiro atoms. The number of alkyl halides is 3. The van der Waals surface area contributed by atoms with Crippen LogP contribution in [0.2, 0.25) is 0 Å². The lowest BCUT2D eigenvalue weighted by atomic mass is 10.1. The van der Waals surface area contributed by atoms with E-state index in [1.807, 2.05) is 0 Å². The van der Waals surface area contributed by atoms with Gasteiger partial charge in [0.25, 0.3) is 0 Å². The van der Waals surface area contributed by atoms with Crippen molar-refractivity contribution in [1.82, 2.24) is 9.55 Å². The summed E-state index contributed by atoms with van der Waals surface area (Å²) < 4.78 is 41.5. The molecule has 0 aliphatic carbocycles. The second kappa shape index (κ2) is 5.53. The summed E-state index contributed by atoms with van der Waals surface area (Å²) in [6.07, 6.45) is -4.65. The Kier molecular flexibility index (Phi) is 3.67. The van der Waals surface area contributed by atoms with Crippen molar-refractivity contribution in [3.05, 3.63) is 75.8 Å². The van der Waals surface area contributed by atoms with Crippen LogP contribution in [0, 0.1) is 6.92 Å². The Hall–Kier alpha value is -2.63. The number of aromatic nitrogens is 2. The van der Waals surface area contributed by atoms with Gasteiger partial charge in [-0.25, -0.2) is 4.79 Å². The molecule has 1 aromatic heterocycles. The molecule has 0 aliphatic rings. The average molecular weight is 318 g/mol. The van der Waals surface area contributed by atoms with Gasteiger partial charge in [0.2, 0.25) is 0 Å². The van der Waals surface area contributed by atoms with Gasteiger partial charge in [-0.1, -0.05) is 42.0 Å². The van der Waals surface area contributed by atoms with Crippen LogP contribution in [0.5, 0.6) is 0 Å². The summed E-state index contributed by atoms with van der Waals surface area (Å²) in [7, 11) is 0. The van der Waals surface area contributed by atoms with E-state index in [4.69, 9.17) is 0 Å². The lowest BCUT2D eigenvalue weighted by Crippen LogP contribution is -2.31. The van der Waals surface area contributed by atoms with E-state index >= 15 is 0 Å². The number of rotatable bonds is 2. The number of hydrogen-bond acceptors (Lipinski definition) is 2. The van der Waals surface area contributed by atoms with Gasteiger partial charge in [-0.15, -0.1) is 0 Å². The Labute approximate surface area is 130 Å². The molecule has 3 aromatic rings. The fraction of sp³-hybridized carbons (Fsp3) is 0.176. The van der Waals surface area contributed by atoms with Crippen LogP contribution in [0.4, 0.5) is 13.2 Å². The first-order valence-corrected chi connectivity index (χ1v) is 6.98. The van der Waals surface area contributed by atoms with E-state index in [9.17, 15) is 18.0 Å². The van der Waals surface area contributed by atoms with E-state index < -0.39 is 17.6 Å². The Morgan fingerprint density at radius 1 is 1.09 bits per heavy atom. The lowest BCUT2D eigenvalue weighted by Gasteiger charge is -2.17. The largest absolute Gasteiger partial charge is 0.432 e. The molecular formula is C17H13F3N2O. The Morgan fingerprint density at radius 2 is 1.78 bits per heavy atom. The lowest BCUT2D eigenvalue weighted by molar-refractivity contribution is -0.142. The zero-order chi connectivity index (χ0) is 16.6. The Morgan fingerprint density at radius 3 is 2.43 bits per heavy atom. The third-order valence-corrected chi connectivity index (χ3v) is 3.58. The van der Waals surface area contributed by atoms with E-state index in [1.165, 1.54) is 12.1 Å². The normalized spacial score (nSPS) is 11.8. The van der Waals surface area contributed by atoms with Gasteiger partial charge >= 0.3 is 11.9 Å². The minimum atomic E-state index is -4.65. The smallest absolute Gasteiger partial charge is 0.283 e. The zero-order valence-corrected chi connectivity index (χ0v) is 12.3. The number of halogens is 3. The van der Waals surface area contributed by atoms with Gasteiger partial charge in [0.15, 0.2) is 0 Å². The second-order valence-corrected chi connectivity index (χ2v) is 5.33. The predicted octanol–water partition coefficient (Wildman–Crippen LogP) is 3.77. The fourth-order valence-corrected chi connectivity index (χ4v) is 2.56. The standard InChI is InChI=1S/C17H13F3N2O/c1-11-7-8-14-13(9-11)15(17(18,19)20)22(16(23)21-14)10-12-5-3-2-4-6-12/h2-9H,10H2,1H3. The quantitative estimate of drug-likeness (QED) is 0.721. The van der Waals surface area contributed by atoms with Crippen molar-refractivity contribution >= 4 is 10.9 Å². The number of benzene rings is 2. The van der Waals surface area contributed by atoms with Gasteiger partial charge in [-0.2, -0.15) is 18.2 Å². The summed E-state index contributed by atoms with van der Waals surface area (Å²) in [4.78, 5) is 15.9. The molecule has 1 heterocycles. The summed E-state index contributed by atoms with van der Waals surface area (Å²) in [5.41, 5.74) is -0.529. The highest BCUT2D eigenvalue weighted by Gasteiger charge is 2.37. The third-order valence-electron chi connectivity index (χ3n) is 3.58. The van der Waals surface area contributed by atoms with Crippen LogP contribution >= 0.6 is 0 Å². The van der Waals surface area contributed by atoms with Crippen molar-refractivity contribution in [2.45, 2.75) is 19.6 Å². The van der Waals surface area contributed by atoms with Crippen LogP contribution in [-0.4, -0.2) is 9.55 Å². The molecule has 0 atom stereocenters. The minimum Gasteiger partial charge on any atom is -0.283 e. The molecule has 3 nitrogen and oxygen atoms in total. The van der Waals surface area contributed by atoms with Crippen molar-refractivity contribution < 1.29 is 13.2 Å². The molecular weight excluding hydrogens is 305 g/mol. The summed E-state index contributed by atoms with van der Waals surface area (Å²) in [5.74, 6) is 0. The average Bonchev–Trinajstić information content (AvgIpc) is 2.48. The van der Waals surface area contributed by atoms with Crippen molar-refractivity contribution in [1.29, 1.82) is 0 Å². The number of nitrogens with zero attached hydrogens (tertiary/aromatic N) is 2. The SMILES string of the molecule is Cc1ccc2nc(=O)n(Cc3ccccc3)c(C(F)(F)F)c2c1. The summed E-state index contributed by atoms with van der Waals surface area (Å²) in [6.45, 7) is 1.53. The molecule has 0 fully saturated rings. The summed E-state index contributed by atoms with van der Waals surface area (Å²) >= 11 is 0. The van der Waals surface area contributed by atoms with Crippen LogP contribution in [0.15, 0.2) is 53.3 Å². The van der Waals surface area contributed by atoms with Crippen LogP contribution in [0.25, 0.3) is 10.9 Å². The molecule has 0 aliphatic heterocycles.